The van der Waals surface area contributed by atoms with Gasteiger partial charge in [-0.2, -0.15) is 0 Å². The van der Waals surface area contributed by atoms with E-state index in [9.17, 15) is 4.79 Å². The quantitative estimate of drug-likeness (QED) is 0.830. The number of hydrogen-bond acceptors (Lipinski definition) is 6. The molecule has 0 radical (unpaired) electrons. The smallest absolute Gasteiger partial charge is 0.289 e. The molecule has 2 aliphatic heterocycles. The van der Waals surface area contributed by atoms with E-state index >= 15 is 0 Å². The van der Waals surface area contributed by atoms with E-state index in [1.165, 1.54) is 6.26 Å². The van der Waals surface area contributed by atoms with Gasteiger partial charge < -0.3 is 18.8 Å². The summed E-state index contributed by atoms with van der Waals surface area (Å²) >= 11 is 1.63. The minimum atomic E-state index is -0.118. The second kappa shape index (κ2) is 6.31. The minimum absolute atomic E-state index is 0.0519. The van der Waals surface area contributed by atoms with Crippen LogP contribution in [0.25, 0.3) is 0 Å². The molecule has 2 aliphatic rings. The van der Waals surface area contributed by atoms with Crippen molar-refractivity contribution in [1.29, 1.82) is 0 Å². The van der Waals surface area contributed by atoms with E-state index in [0.717, 1.165) is 10.7 Å². The van der Waals surface area contributed by atoms with Crippen molar-refractivity contribution >= 4 is 17.2 Å². The van der Waals surface area contributed by atoms with Crippen molar-refractivity contribution in [1.82, 2.24) is 9.88 Å². The van der Waals surface area contributed by atoms with Crippen LogP contribution in [0.3, 0.4) is 0 Å². The first-order chi connectivity index (χ1) is 11.7. The molecule has 0 unspecified atom stereocenters. The zero-order valence-electron chi connectivity index (χ0n) is 13.6. The van der Waals surface area contributed by atoms with Crippen molar-refractivity contribution < 1.29 is 18.7 Å². The lowest BCUT2D eigenvalue weighted by Gasteiger charge is -2.26. The summed E-state index contributed by atoms with van der Waals surface area (Å²) in [7, 11) is 0. The van der Waals surface area contributed by atoms with Crippen LogP contribution in [0.5, 0.6) is 0 Å². The predicted octanol–water partition coefficient (Wildman–Crippen LogP) is 2.35. The lowest BCUT2D eigenvalue weighted by atomic mass is 9.82. The molecule has 24 heavy (non-hydrogen) atoms. The second-order valence-electron chi connectivity index (χ2n) is 6.59. The average molecular weight is 348 g/mol. The maximum Gasteiger partial charge on any atom is 0.289 e. The summed E-state index contributed by atoms with van der Waals surface area (Å²) in [6.07, 6.45) is 1.53. The molecule has 2 fully saturated rings. The third kappa shape index (κ3) is 2.87. The van der Waals surface area contributed by atoms with E-state index in [1.54, 1.807) is 23.5 Å². The van der Waals surface area contributed by atoms with Crippen LogP contribution < -0.4 is 0 Å². The molecular weight excluding hydrogens is 328 g/mol. The largest absolute Gasteiger partial charge is 0.459 e. The zero-order valence-corrected chi connectivity index (χ0v) is 14.4. The molecule has 0 saturated carbocycles. The molecular formula is C17H20N2O4S. The molecule has 6 nitrogen and oxygen atoms in total. The molecule has 128 valence electrons. The number of fused-ring (bicyclic) bond motifs is 1. The number of carbonyl (C=O) groups is 1. The highest BCUT2D eigenvalue weighted by Gasteiger charge is 2.52. The minimum Gasteiger partial charge on any atom is -0.459 e. The Morgan fingerprint density at radius 1 is 1.58 bits per heavy atom. The van der Waals surface area contributed by atoms with Gasteiger partial charge in [0.2, 0.25) is 0 Å². The van der Waals surface area contributed by atoms with Crippen molar-refractivity contribution in [2.24, 2.45) is 11.3 Å². The number of nitrogens with zero attached hydrogens (tertiary/aromatic N) is 2. The van der Waals surface area contributed by atoms with Crippen LogP contribution in [-0.2, 0) is 16.1 Å². The van der Waals surface area contributed by atoms with Gasteiger partial charge in [0, 0.05) is 29.8 Å². The normalized spacial score (nSPS) is 26.0. The van der Waals surface area contributed by atoms with Gasteiger partial charge in [0.05, 0.1) is 43.4 Å². The lowest BCUT2D eigenvalue weighted by molar-refractivity contribution is 0.0173. The van der Waals surface area contributed by atoms with Crippen molar-refractivity contribution in [3.05, 3.63) is 40.2 Å². The summed E-state index contributed by atoms with van der Waals surface area (Å²) in [5.74, 6) is 0.655. The monoisotopic (exact) mass is 348 g/mol. The Bertz CT molecular complexity index is 714. The fourth-order valence-electron chi connectivity index (χ4n) is 3.58. The van der Waals surface area contributed by atoms with Gasteiger partial charge in [-0.25, -0.2) is 4.98 Å². The Morgan fingerprint density at radius 2 is 2.50 bits per heavy atom. The number of carbonyl (C=O) groups excluding carboxylic acids is 1. The fraction of sp³-hybridized carbons (Fsp3) is 0.529. The predicted molar refractivity (Wildman–Crippen MR) is 87.9 cm³/mol. The van der Waals surface area contributed by atoms with Crippen LogP contribution in [0, 0.1) is 18.3 Å². The first-order valence-electron chi connectivity index (χ1n) is 8.06. The Balaban J connectivity index is 1.40. The highest BCUT2D eigenvalue weighted by molar-refractivity contribution is 7.09. The highest BCUT2D eigenvalue weighted by Crippen LogP contribution is 2.42. The Labute approximate surface area is 144 Å². The summed E-state index contributed by atoms with van der Waals surface area (Å²) in [5.41, 5.74) is 0.846. The van der Waals surface area contributed by atoms with Gasteiger partial charge in [-0.05, 0) is 19.1 Å². The van der Waals surface area contributed by atoms with Crippen LogP contribution >= 0.6 is 11.3 Å². The molecule has 0 spiro atoms. The van der Waals surface area contributed by atoms with Crippen LogP contribution in [0.2, 0.25) is 0 Å². The van der Waals surface area contributed by atoms with Crippen LogP contribution in [0.1, 0.15) is 21.3 Å². The molecule has 0 aliphatic carbocycles. The van der Waals surface area contributed by atoms with Crippen molar-refractivity contribution in [3.8, 4) is 0 Å². The summed E-state index contributed by atoms with van der Waals surface area (Å²) in [5, 5.41) is 3.07. The first-order valence-corrected chi connectivity index (χ1v) is 8.93. The van der Waals surface area contributed by atoms with Crippen molar-refractivity contribution in [2.45, 2.75) is 13.5 Å². The molecule has 7 heteroatoms. The number of thiazole rings is 1. The van der Waals surface area contributed by atoms with E-state index in [4.69, 9.17) is 13.9 Å². The topological polar surface area (TPSA) is 64.8 Å². The molecule has 4 rings (SSSR count). The van der Waals surface area contributed by atoms with E-state index in [2.05, 4.69) is 4.98 Å². The number of likely N-dealkylation sites (tertiary alicyclic amines) is 1. The molecule has 1 amide bonds. The zero-order chi connectivity index (χ0) is 16.6. The summed E-state index contributed by atoms with van der Waals surface area (Å²) in [4.78, 5) is 18.8. The maximum atomic E-state index is 12.5. The SMILES string of the molecule is Cc1nc(COC[C@]23COC[C@H]2CN(C(=O)c2ccco2)C3)cs1. The van der Waals surface area contributed by atoms with E-state index < -0.39 is 0 Å². The van der Waals surface area contributed by atoms with Gasteiger partial charge in [-0.3, -0.25) is 4.79 Å². The van der Waals surface area contributed by atoms with E-state index in [-0.39, 0.29) is 11.3 Å². The highest BCUT2D eigenvalue weighted by atomic mass is 32.1. The van der Waals surface area contributed by atoms with Crippen molar-refractivity contribution in [2.75, 3.05) is 32.9 Å². The van der Waals surface area contributed by atoms with Gasteiger partial charge in [-0.15, -0.1) is 11.3 Å². The van der Waals surface area contributed by atoms with Gasteiger partial charge in [0.25, 0.3) is 5.91 Å². The number of furan rings is 1. The number of ether oxygens (including phenoxy) is 2. The third-order valence-corrected chi connectivity index (χ3v) is 5.67. The summed E-state index contributed by atoms with van der Waals surface area (Å²) in [6.45, 7) is 5.73. The van der Waals surface area contributed by atoms with E-state index in [0.29, 0.717) is 51.2 Å². The lowest BCUT2D eigenvalue weighted by Crippen LogP contribution is -2.37. The number of aryl methyl sites for hydroxylation is 1. The van der Waals surface area contributed by atoms with Crippen LogP contribution in [-0.4, -0.2) is 48.7 Å². The number of rotatable bonds is 5. The molecule has 0 bridgehead atoms. The summed E-state index contributed by atoms with van der Waals surface area (Å²) in [6, 6.07) is 3.45. The van der Waals surface area contributed by atoms with Crippen LogP contribution in [0.15, 0.2) is 28.2 Å². The molecule has 4 heterocycles. The molecule has 2 saturated heterocycles. The Morgan fingerprint density at radius 3 is 3.25 bits per heavy atom. The van der Waals surface area contributed by atoms with Crippen LogP contribution in [0.4, 0.5) is 0 Å². The Hall–Kier alpha value is -1.70. The maximum absolute atomic E-state index is 12.5. The number of hydrogen-bond donors (Lipinski definition) is 0. The fourth-order valence-corrected chi connectivity index (χ4v) is 4.18. The Kier molecular flexibility index (Phi) is 4.15. The third-order valence-electron chi connectivity index (χ3n) is 4.85. The molecule has 0 aromatic carbocycles. The van der Waals surface area contributed by atoms with Crippen molar-refractivity contribution in [3.63, 3.8) is 0 Å². The standard InChI is InChI=1S/C17H20N2O4S/c1-12-18-14(8-24-12)7-22-11-17-9-19(5-13(17)6-21-10-17)16(20)15-3-2-4-23-15/h2-4,8,13H,5-7,9-11H2,1H3/t13-,17+/m1/s1. The molecule has 2 aromatic rings. The van der Waals surface area contributed by atoms with Gasteiger partial charge in [-0.1, -0.05) is 0 Å². The molecule has 2 aromatic heterocycles. The number of amides is 1. The first kappa shape index (κ1) is 15.8. The number of aromatic nitrogens is 1. The molecule has 2 atom stereocenters. The average Bonchev–Trinajstić information content (AvgIpc) is 3.29. The second-order valence-corrected chi connectivity index (χ2v) is 7.65. The van der Waals surface area contributed by atoms with Gasteiger partial charge >= 0.3 is 0 Å². The van der Waals surface area contributed by atoms with Gasteiger partial charge in [0.1, 0.15) is 0 Å². The van der Waals surface area contributed by atoms with Gasteiger partial charge in [0.15, 0.2) is 5.76 Å². The summed E-state index contributed by atoms with van der Waals surface area (Å²) < 4.78 is 16.9. The van der Waals surface area contributed by atoms with E-state index in [1.807, 2.05) is 17.2 Å². The molecule has 0 N–H and O–H groups in total.